The van der Waals surface area contributed by atoms with Gasteiger partial charge in [0.2, 0.25) is 0 Å². The Hall–Kier alpha value is -3.05. The van der Waals surface area contributed by atoms with Crippen LogP contribution in [-0.2, 0) is 22.5 Å². The van der Waals surface area contributed by atoms with Crippen molar-refractivity contribution in [2.24, 2.45) is 0 Å². The number of carbonyl (C=O) groups excluding carboxylic acids is 1. The van der Waals surface area contributed by atoms with Crippen LogP contribution in [0.15, 0.2) is 60.9 Å². The molecule has 1 atom stereocenters. The number of aromatic amines is 2. The number of hydrogen-bond acceptors (Lipinski definition) is 3. The maximum absolute atomic E-state index is 12.3. The lowest BCUT2D eigenvalue weighted by Crippen LogP contribution is -2.39. The first-order chi connectivity index (χ1) is 12.8. The van der Waals surface area contributed by atoms with Gasteiger partial charge in [0.15, 0.2) is 0 Å². The Balaban J connectivity index is 1.54. The van der Waals surface area contributed by atoms with E-state index >= 15 is 0 Å². The molecule has 4 aromatic rings. The molecule has 5 heteroatoms. The molecule has 0 spiro atoms. The van der Waals surface area contributed by atoms with E-state index in [1.165, 1.54) is 7.11 Å². The van der Waals surface area contributed by atoms with E-state index in [0.717, 1.165) is 32.9 Å². The van der Waals surface area contributed by atoms with E-state index < -0.39 is 6.04 Å². The lowest BCUT2D eigenvalue weighted by molar-refractivity contribution is -0.143. The summed E-state index contributed by atoms with van der Waals surface area (Å²) in [5, 5.41) is 5.66. The predicted molar refractivity (Wildman–Crippen MR) is 103 cm³/mol. The Kier molecular flexibility index (Phi) is 4.46. The summed E-state index contributed by atoms with van der Waals surface area (Å²) in [6.07, 6.45) is 4.52. The van der Waals surface area contributed by atoms with Gasteiger partial charge < -0.3 is 14.7 Å². The maximum Gasteiger partial charge on any atom is 0.323 e. The zero-order valence-corrected chi connectivity index (χ0v) is 14.6. The zero-order valence-electron chi connectivity index (χ0n) is 14.6. The van der Waals surface area contributed by atoms with Crippen molar-refractivity contribution in [3.8, 4) is 0 Å². The molecule has 2 aromatic carbocycles. The standard InChI is InChI=1S/C21H21N3O2/c1-26-21(25)20(10-14-11-22-18-8-4-2-6-16(14)18)24-13-15-12-23-19-9-5-3-7-17(15)19/h2-9,11-12,20,22-24H,10,13H2,1H3. The fourth-order valence-corrected chi connectivity index (χ4v) is 3.41. The van der Waals surface area contributed by atoms with Crippen molar-refractivity contribution in [2.45, 2.75) is 19.0 Å². The number of H-pyrrole nitrogens is 2. The van der Waals surface area contributed by atoms with Gasteiger partial charge in [0, 0.05) is 47.2 Å². The molecule has 0 aliphatic rings. The van der Waals surface area contributed by atoms with Crippen molar-refractivity contribution >= 4 is 27.8 Å². The molecule has 5 nitrogen and oxygen atoms in total. The summed E-state index contributed by atoms with van der Waals surface area (Å²) in [5.41, 5.74) is 4.40. The summed E-state index contributed by atoms with van der Waals surface area (Å²) in [5.74, 6) is -0.255. The first-order valence-electron chi connectivity index (χ1n) is 8.67. The van der Waals surface area contributed by atoms with Crippen molar-refractivity contribution < 1.29 is 9.53 Å². The molecule has 0 radical (unpaired) electrons. The minimum Gasteiger partial charge on any atom is -0.468 e. The highest BCUT2D eigenvalue weighted by Crippen LogP contribution is 2.21. The van der Waals surface area contributed by atoms with Gasteiger partial charge in [-0.1, -0.05) is 36.4 Å². The number of fused-ring (bicyclic) bond motifs is 2. The molecule has 4 rings (SSSR count). The van der Waals surface area contributed by atoms with Crippen LogP contribution in [-0.4, -0.2) is 29.1 Å². The monoisotopic (exact) mass is 347 g/mol. The van der Waals surface area contributed by atoms with Crippen LogP contribution in [0, 0.1) is 0 Å². The van der Waals surface area contributed by atoms with E-state index in [1.807, 2.05) is 48.8 Å². The highest BCUT2D eigenvalue weighted by Gasteiger charge is 2.21. The first kappa shape index (κ1) is 16.4. The Morgan fingerprint density at radius 3 is 2.19 bits per heavy atom. The van der Waals surface area contributed by atoms with E-state index in [4.69, 9.17) is 4.74 Å². The fourth-order valence-electron chi connectivity index (χ4n) is 3.41. The number of nitrogens with one attached hydrogen (secondary N) is 3. The second-order valence-corrected chi connectivity index (χ2v) is 6.38. The molecule has 0 bridgehead atoms. The third-order valence-corrected chi connectivity index (χ3v) is 4.80. The predicted octanol–water partition coefficient (Wildman–Crippen LogP) is 3.52. The summed E-state index contributed by atoms with van der Waals surface area (Å²) < 4.78 is 5.01. The smallest absolute Gasteiger partial charge is 0.323 e. The quantitative estimate of drug-likeness (QED) is 0.467. The number of methoxy groups -OCH3 is 1. The lowest BCUT2D eigenvalue weighted by atomic mass is 10.0. The number of ether oxygens (including phenoxy) is 1. The van der Waals surface area contributed by atoms with E-state index in [2.05, 4.69) is 27.4 Å². The van der Waals surface area contributed by atoms with Crippen LogP contribution in [0.2, 0.25) is 0 Å². The van der Waals surface area contributed by atoms with Crippen LogP contribution in [0.4, 0.5) is 0 Å². The van der Waals surface area contributed by atoms with Gasteiger partial charge in [-0.25, -0.2) is 0 Å². The van der Waals surface area contributed by atoms with Crippen LogP contribution in [0.3, 0.4) is 0 Å². The Morgan fingerprint density at radius 2 is 1.54 bits per heavy atom. The van der Waals surface area contributed by atoms with Crippen molar-refractivity contribution in [1.82, 2.24) is 15.3 Å². The fraction of sp³-hybridized carbons (Fsp3) is 0.190. The topological polar surface area (TPSA) is 69.9 Å². The van der Waals surface area contributed by atoms with E-state index in [9.17, 15) is 4.79 Å². The molecule has 3 N–H and O–H groups in total. The second-order valence-electron chi connectivity index (χ2n) is 6.38. The molecule has 0 aliphatic heterocycles. The van der Waals surface area contributed by atoms with E-state index in [0.29, 0.717) is 13.0 Å². The normalized spacial score (nSPS) is 12.5. The van der Waals surface area contributed by atoms with Crippen LogP contribution in [0.5, 0.6) is 0 Å². The van der Waals surface area contributed by atoms with Crippen molar-refractivity contribution in [2.75, 3.05) is 7.11 Å². The molecule has 2 heterocycles. The number of aromatic nitrogens is 2. The Bertz CT molecular complexity index is 1050. The number of para-hydroxylation sites is 2. The molecule has 132 valence electrons. The molecule has 0 fully saturated rings. The summed E-state index contributed by atoms with van der Waals surface area (Å²) in [4.78, 5) is 18.8. The summed E-state index contributed by atoms with van der Waals surface area (Å²) in [6, 6.07) is 15.8. The number of rotatable bonds is 6. The third-order valence-electron chi connectivity index (χ3n) is 4.80. The van der Waals surface area contributed by atoms with Gasteiger partial charge in [0.1, 0.15) is 6.04 Å². The van der Waals surface area contributed by atoms with Crippen molar-refractivity contribution in [3.05, 3.63) is 72.1 Å². The van der Waals surface area contributed by atoms with Gasteiger partial charge in [0.25, 0.3) is 0 Å². The Labute approximate surface area is 151 Å². The highest BCUT2D eigenvalue weighted by atomic mass is 16.5. The van der Waals surface area contributed by atoms with Crippen LogP contribution < -0.4 is 5.32 Å². The molecular weight excluding hydrogens is 326 g/mol. The number of esters is 1. The van der Waals surface area contributed by atoms with Crippen LogP contribution >= 0.6 is 0 Å². The van der Waals surface area contributed by atoms with Gasteiger partial charge in [-0.3, -0.25) is 10.1 Å². The largest absolute Gasteiger partial charge is 0.468 e. The summed E-state index contributed by atoms with van der Waals surface area (Å²) in [7, 11) is 1.43. The average molecular weight is 347 g/mol. The summed E-state index contributed by atoms with van der Waals surface area (Å²) >= 11 is 0. The molecule has 0 saturated carbocycles. The SMILES string of the molecule is COC(=O)C(Cc1c[nH]c2ccccc12)NCc1c[nH]c2ccccc12. The lowest BCUT2D eigenvalue weighted by Gasteiger charge is -2.16. The molecular formula is C21H21N3O2. The number of hydrogen-bond donors (Lipinski definition) is 3. The highest BCUT2D eigenvalue weighted by molar-refractivity contribution is 5.85. The van der Waals surface area contributed by atoms with E-state index in [-0.39, 0.29) is 5.97 Å². The molecule has 0 saturated heterocycles. The molecule has 26 heavy (non-hydrogen) atoms. The summed E-state index contributed by atoms with van der Waals surface area (Å²) in [6.45, 7) is 0.589. The third kappa shape index (κ3) is 3.09. The second kappa shape index (κ2) is 7.06. The molecule has 0 aliphatic carbocycles. The maximum atomic E-state index is 12.3. The van der Waals surface area contributed by atoms with Gasteiger partial charge in [0.05, 0.1) is 7.11 Å². The molecule has 0 amide bonds. The van der Waals surface area contributed by atoms with Gasteiger partial charge in [-0.15, -0.1) is 0 Å². The molecule has 1 unspecified atom stereocenters. The first-order valence-corrected chi connectivity index (χ1v) is 8.67. The van der Waals surface area contributed by atoms with Crippen LogP contribution in [0.1, 0.15) is 11.1 Å². The number of benzene rings is 2. The van der Waals surface area contributed by atoms with Crippen molar-refractivity contribution in [1.29, 1.82) is 0 Å². The average Bonchev–Trinajstić information content (AvgIpc) is 3.29. The minimum atomic E-state index is -0.409. The minimum absolute atomic E-state index is 0.255. The van der Waals surface area contributed by atoms with Crippen molar-refractivity contribution in [3.63, 3.8) is 0 Å². The Morgan fingerprint density at radius 1 is 0.962 bits per heavy atom. The van der Waals surface area contributed by atoms with E-state index in [1.54, 1.807) is 0 Å². The van der Waals surface area contributed by atoms with Gasteiger partial charge >= 0.3 is 5.97 Å². The number of carbonyl (C=O) groups is 1. The van der Waals surface area contributed by atoms with Gasteiger partial charge in [-0.2, -0.15) is 0 Å². The van der Waals surface area contributed by atoms with Crippen LogP contribution in [0.25, 0.3) is 21.8 Å². The molecule has 2 aromatic heterocycles. The van der Waals surface area contributed by atoms with Gasteiger partial charge in [-0.05, 0) is 23.3 Å². The zero-order chi connectivity index (χ0) is 17.9.